The molecule has 1 aliphatic rings. The Morgan fingerprint density at radius 1 is 0.333 bits per heavy atom. The van der Waals surface area contributed by atoms with Crippen LogP contribution >= 0.6 is 0 Å². The van der Waals surface area contributed by atoms with Crippen molar-refractivity contribution in [2.24, 2.45) is 9.98 Å². The maximum Gasteiger partial charge on any atom is 0.128 e. The van der Waals surface area contributed by atoms with Crippen LogP contribution in [0.3, 0.4) is 0 Å². The van der Waals surface area contributed by atoms with Gasteiger partial charge in [-0.25, -0.2) is 0 Å². The van der Waals surface area contributed by atoms with Crippen LogP contribution < -0.4 is 18.9 Å². The van der Waals surface area contributed by atoms with Crippen LogP contribution in [-0.2, 0) is 63.6 Å². The summed E-state index contributed by atoms with van der Waals surface area (Å²) in [5, 5.41) is 24.9. The van der Waals surface area contributed by atoms with Crippen molar-refractivity contribution < 1.29 is 29.2 Å². The van der Waals surface area contributed by atoms with Crippen LogP contribution in [0.5, 0.6) is 34.5 Å². The molecule has 1 aliphatic carbocycles. The molecule has 0 unspecified atom stereocenters. The number of benzene rings is 6. The Morgan fingerprint density at radius 2 is 0.600 bits per heavy atom. The van der Waals surface area contributed by atoms with Crippen LogP contribution in [0.1, 0.15) is 293 Å². The molecule has 488 valence electrons. The second kappa shape index (κ2) is 27.3. The van der Waals surface area contributed by atoms with Crippen LogP contribution in [0.25, 0.3) is 0 Å². The number of hydrogen-bond acceptors (Lipinski definition) is 8. The second-order valence-electron chi connectivity index (χ2n) is 32.9. The Balaban J connectivity index is 1.78. The summed E-state index contributed by atoms with van der Waals surface area (Å²) in [5.74, 6) is 3.75. The third kappa shape index (κ3) is 16.7. The Labute approximate surface area is 544 Å². The number of aromatic hydroxyl groups is 2. The molecule has 0 saturated carbocycles. The summed E-state index contributed by atoms with van der Waals surface area (Å²) in [4.78, 5) is 11.3. The third-order valence-corrected chi connectivity index (χ3v) is 17.3. The zero-order valence-electron chi connectivity index (χ0n) is 60.4. The highest BCUT2D eigenvalue weighted by Crippen LogP contribution is 2.49. The quantitative estimate of drug-likeness (QED) is 0.0935. The van der Waals surface area contributed by atoms with E-state index in [1.54, 1.807) is 0 Å². The smallest absolute Gasteiger partial charge is 0.128 e. The average Bonchev–Trinajstić information content (AvgIpc) is 0.928. The van der Waals surface area contributed by atoms with Gasteiger partial charge < -0.3 is 29.2 Å². The highest BCUT2D eigenvalue weighted by atomic mass is 16.5. The Morgan fingerprint density at radius 3 is 0.889 bits per heavy atom. The van der Waals surface area contributed by atoms with Crippen molar-refractivity contribution in [2.75, 3.05) is 26.4 Å². The van der Waals surface area contributed by atoms with E-state index in [2.05, 4.69) is 240 Å². The molecule has 90 heavy (non-hydrogen) atoms. The summed E-state index contributed by atoms with van der Waals surface area (Å²) in [6.45, 7) is 57.5. The molecule has 0 radical (unpaired) electrons. The summed E-state index contributed by atoms with van der Waals surface area (Å²) in [6.07, 6.45) is 8.88. The fourth-order valence-corrected chi connectivity index (χ4v) is 11.8. The van der Waals surface area contributed by atoms with Crippen molar-refractivity contribution in [3.05, 3.63) is 161 Å². The van der Waals surface area contributed by atoms with E-state index in [0.717, 1.165) is 115 Å². The van der Waals surface area contributed by atoms with Gasteiger partial charge in [0, 0.05) is 71.5 Å². The summed E-state index contributed by atoms with van der Waals surface area (Å²) in [7, 11) is 0. The number of rotatable bonds is 16. The number of phenolic OH excluding ortho intramolecular Hbond substituents is 2. The first-order valence-corrected chi connectivity index (χ1v) is 33.7. The van der Waals surface area contributed by atoms with Gasteiger partial charge in [0.15, 0.2) is 0 Å². The number of fused-ring (bicyclic) bond motifs is 8. The van der Waals surface area contributed by atoms with Gasteiger partial charge in [-0.15, -0.1) is 0 Å². The van der Waals surface area contributed by atoms with Gasteiger partial charge in [-0.1, -0.05) is 222 Å². The van der Waals surface area contributed by atoms with Crippen molar-refractivity contribution in [3.63, 3.8) is 0 Å². The molecular weight excluding hydrogens is 1110 g/mol. The largest absolute Gasteiger partial charge is 0.507 e. The van der Waals surface area contributed by atoms with Crippen LogP contribution in [-0.4, -0.2) is 49.1 Å². The molecule has 8 bridgehead atoms. The monoisotopic (exact) mass is 1220 g/mol. The zero-order chi connectivity index (χ0) is 66.9. The van der Waals surface area contributed by atoms with Gasteiger partial charge >= 0.3 is 0 Å². The molecule has 8 nitrogen and oxygen atoms in total. The summed E-state index contributed by atoms with van der Waals surface area (Å²) < 4.78 is 28.8. The SMILES string of the molecule is CCCOc1c2cc(C(C)(C)C)cc1Cc1cc(C(C)(C)C)cc(c1OCCC)Cc1c(N=Cc3cc(C(C)(C)C)cc(C(C)(C)C)c3O)c(N=Cc3cc(C(C)(C)C)cc(C(C)(C)C)c3O)cc(c1OCCC)Cc1cc(C(C)(C)C)cc(c1OCCC)C2. The first-order chi connectivity index (χ1) is 41.7. The lowest BCUT2D eigenvalue weighted by Gasteiger charge is -2.29. The number of ether oxygens (including phenoxy) is 4. The van der Waals surface area contributed by atoms with Gasteiger partial charge in [0.2, 0.25) is 0 Å². The van der Waals surface area contributed by atoms with Crippen molar-refractivity contribution in [1.82, 2.24) is 0 Å². The fourth-order valence-electron chi connectivity index (χ4n) is 11.8. The molecule has 0 aliphatic heterocycles. The van der Waals surface area contributed by atoms with Crippen molar-refractivity contribution in [1.29, 1.82) is 0 Å². The zero-order valence-corrected chi connectivity index (χ0v) is 60.4. The Hall–Kier alpha value is -6.54. The van der Waals surface area contributed by atoms with E-state index in [0.29, 0.717) is 74.6 Å². The third-order valence-electron chi connectivity index (χ3n) is 17.3. The first kappa shape index (κ1) is 70.9. The molecule has 0 atom stereocenters. The van der Waals surface area contributed by atoms with E-state index in [-0.39, 0.29) is 49.4 Å². The number of hydrogen-bond donors (Lipinski definition) is 2. The van der Waals surface area contributed by atoms with Gasteiger partial charge in [-0.3, -0.25) is 9.98 Å². The number of phenols is 2. The minimum absolute atomic E-state index is 0.176. The lowest BCUT2D eigenvalue weighted by atomic mass is 9.79. The molecule has 6 aromatic carbocycles. The second-order valence-corrected chi connectivity index (χ2v) is 32.9. The summed E-state index contributed by atoms with van der Waals surface area (Å²) in [5.41, 5.74) is 16.3. The summed E-state index contributed by atoms with van der Waals surface area (Å²) >= 11 is 0. The van der Waals surface area contributed by atoms with Gasteiger partial charge in [0.05, 0.1) is 37.8 Å². The molecule has 0 saturated heterocycles. The lowest BCUT2D eigenvalue weighted by Crippen LogP contribution is -2.17. The normalized spacial score (nSPS) is 13.8. The fraction of sp³-hybridized carbons (Fsp3) is 0.537. The maximum absolute atomic E-state index is 12.5. The Kier molecular flexibility index (Phi) is 21.5. The van der Waals surface area contributed by atoms with Crippen molar-refractivity contribution >= 4 is 23.8 Å². The van der Waals surface area contributed by atoms with E-state index in [9.17, 15) is 10.2 Å². The van der Waals surface area contributed by atoms with E-state index in [4.69, 9.17) is 28.9 Å². The molecule has 8 heteroatoms. The topological polar surface area (TPSA) is 102 Å². The summed E-state index contributed by atoms with van der Waals surface area (Å²) in [6, 6.07) is 24.9. The minimum Gasteiger partial charge on any atom is -0.507 e. The highest BCUT2D eigenvalue weighted by molar-refractivity contribution is 5.92. The standard InChI is InChI=1S/C82H114N2O6/c1-26-30-87-72-51-34-52-38-61(77(8,9)10)41-55(73(52)88-31-27-2)36-56-46-68(83-49-58-43-63(79(14,15)16)47-66(70(58)85)81(20,21)22)69(84-50-59-44-64(80(17,18)19)48-67(71(59)86)82(23,24)25)65(75(56)90-33-29-4)45-57-42-62(78(11,12)13)40-54(74(57)89-32-28-3)35-53(72)39-60(37-51)76(5,6)7/h37-44,46-50,85-86H,26-36,45H2,1-25H3. The maximum atomic E-state index is 12.5. The molecular formula is C82H114N2O6. The molecule has 7 rings (SSSR count). The molecule has 0 amide bonds. The van der Waals surface area contributed by atoms with E-state index in [1.165, 1.54) is 16.7 Å². The molecule has 6 aromatic rings. The molecule has 0 spiro atoms. The van der Waals surface area contributed by atoms with Crippen LogP contribution in [0.15, 0.2) is 76.7 Å². The first-order valence-electron chi connectivity index (χ1n) is 33.7. The van der Waals surface area contributed by atoms with Crippen LogP contribution in [0, 0.1) is 0 Å². The molecule has 2 N–H and O–H groups in total. The van der Waals surface area contributed by atoms with Gasteiger partial charge in [0.1, 0.15) is 34.5 Å². The number of aliphatic imine (C=N–C) groups is 2. The predicted octanol–water partition coefficient (Wildman–Crippen LogP) is 21.5. The molecule has 0 heterocycles. The van der Waals surface area contributed by atoms with Crippen LogP contribution in [0.4, 0.5) is 11.4 Å². The van der Waals surface area contributed by atoms with Gasteiger partial charge in [-0.2, -0.15) is 0 Å². The van der Waals surface area contributed by atoms with Gasteiger partial charge in [-0.05, 0) is 143 Å². The highest BCUT2D eigenvalue weighted by Gasteiger charge is 2.32. The molecule has 0 fully saturated rings. The predicted molar refractivity (Wildman–Crippen MR) is 382 cm³/mol. The van der Waals surface area contributed by atoms with Crippen molar-refractivity contribution in [3.8, 4) is 34.5 Å². The van der Waals surface area contributed by atoms with Crippen LogP contribution in [0.2, 0.25) is 0 Å². The average molecular weight is 1220 g/mol. The van der Waals surface area contributed by atoms with Gasteiger partial charge in [0.25, 0.3) is 0 Å². The Bertz CT molecular complexity index is 3600. The van der Waals surface area contributed by atoms with E-state index in [1.807, 2.05) is 12.4 Å². The van der Waals surface area contributed by atoms with Crippen molar-refractivity contribution in [2.45, 2.75) is 262 Å². The van der Waals surface area contributed by atoms with E-state index >= 15 is 0 Å². The number of nitrogens with zero attached hydrogens (tertiary/aromatic N) is 2. The lowest BCUT2D eigenvalue weighted by molar-refractivity contribution is 0.304. The van der Waals surface area contributed by atoms with E-state index < -0.39 is 0 Å². The minimum atomic E-state index is -0.375. The molecule has 0 aromatic heterocycles.